The Hall–Kier alpha value is -2.32. The van der Waals surface area contributed by atoms with Crippen LogP contribution in [0.15, 0.2) is 18.2 Å². The average molecular weight is 349 g/mol. The molecule has 9 heteroatoms. The van der Waals surface area contributed by atoms with Crippen LogP contribution < -0.4 is 10.1 Å². The highest BCUT2D eigenvalue weighted by Gasteiger charge is 2.45. The summed E-state index contributed by atoms with van der Waals surface area (Å²) in [7, 11) is 1.07. The summed E-state index contributed by atoms with van der Waals surface area (Å²) in [5.41, 5.74) is -0.140. The minimum absolute atomic E-state index is 0.0849. The van der Waals surface area contributed by atoms with Crippen LogP contribution >= 0.6 is 0 Å². The number of ether oxygens (including phenoxy) is 2. The molecule has 0 spiro atoms. The summed E-state index contributed by atoms with van der Waals surface area (Å²) in [4.78, 5) is 23.4. The Labute approximate surface area is 134 Å². The van der Waals surface area contributed by atoms with Crippen molar-refractivity contribution in [1.29, 1.82) is 0 Å². The first kappa shape index (κ1) is 18.0. The van der Waals surface area contributed by atoms with Crippen molar-refractivity contribution < 1.29 is 36.6 Å². The van der Waals surface area contributed by atoms with Crippen LogP contribution in [0.5, 0.6) is 5.75 Å². The Bertz CT molecular complexity index is 628. The minimum atomic E-state index is -3.13. The van der Waals surface area contributed by atoms with Gasteiger partial charge in [0.2, 0.25) is 11.8 Å². The molecule has 132 valence electrons. The molecule has 0 aromatic heterocycles. The number of esters is 1. The van der Waals surface area contributed by atoms with Gasteiger partial charge in [0, 0.05) is 24.9 Å². The van der Waals surface area contributed by atoms with Gasteiger partial charge in [-0.05, 0) is 24.1 Å². The number of carbonyl (C=O) groups excluding carboxylic acids is 2. The van der Waals surface area contributed by atoms with E-state index in [4.69, 9.17) is 0 Å². The molecule has 2 rings (SSSR count). The van der Waals surface area contributed by atoms with Gasteiger partial charge in [-0.1, -0.05) is 0 Å². The predicted octanol–water partition coefficient (Wildman–Crippen LogP) is 3.45. The topological polar surface area (TPSA) is 64.6 Å². The van der Waals surface area contributed by atoms with Crippen LogP contribution in [0.25, 0.3) is 0 Å². The van der Waals surface area contributed by atoms with Crippen molar-refractivity contribution in [3.63, 3.8) is 0 Å². The molecule has 1 aromatic rings. The fraction of sp³-hybridized carbons (Fsp3) is 0.467. The lowest BCUT2D eigenvalue weighted by molar-refractivity contribution is -0.129. The zero-order chi connectivity index (χ0) is 17.9. The third-order valence-electron chi connectivity index (χ3n) is 3.53. The highest BCUT2D eigenvalue weighted by molar-refractivity contribution is 5.96. The fourth-order valence-corrected chi connectivity index (χ4v) is 2.48. The van der Waals surface area contributed by atoms with E-state index in [2.05, 4.69) is 14.8 Å². The van der Waals surface area contributed by atoms with E-state index >= 15 is 0 Å². The lowest BCUT2D eigenvalue weighted by atomic mass is 9.79. The minimum Gasteiger partial charge on any atom is -0.465 e. The molecule has 5 nitrogen and oxygen atoms in total. The number of anilines is 1. The van der Waals surface area contributed by atoms with Crippen LogP contribution in [0.1, 0.15) is 29.6 Å². The molecule has 1 N–H and O–H groups in total. The van der Waals surface area contributed by atoms with Crippen LogP contribution in [-0.4, -0.2) is 31.5 Å². The molecule has 1 amide bonds. The highest BCUT2D eigenvalue weighted by atomic mass is 19.3. The molecular weight excluding hydrogens is 334 g/mol. The van der Waals surface area contributed by atoms with E-state index < -0.39 is 36.1 Å². The maximum absolute atomic E-state index is 12.7. The van der Waals surface area contributed by atoms with Crippen molar-refractivity contribution in [2.75, 3.05) is 12.4 Å². The zero-order valence-electron chi connectivity index (χ0n) is 12.7. The molecule has 1 aromatic carbocycles. The van der Waals surface area contributed by atoms with Crippen LogP contribution in [0.3, 0.4) is 0 Å². The lowest BCUT2D eigenvalue weighted by Gasteiger charge is -2.34. The van der Waals surface area contributed by atoms with Crippen LogP contribution in [-0.2, 0) is 9.53 Å². The van der Waals surface area contributed by atoms with Crippen molar-refractivity contribution in [2.24, 2.45) is 5.92 Å². The molecule has 1 aliphatic carbocycles. The number of halogens is 4. The van der Waals surface area contributed by atoms with Crippen molar-refractivity contribution >= 4 is 17.6 Å². The van der Waals surface area contributed by atoms with Gasteiger partial charge >= 0.3 is 12.6 Å². The Morgan fingerprint density at radius 1 is 1.33 bits per heavy atom. The third kappa shape index (κ3) is 4.59. The fourth-order valence-electron chi connectivity index (χ4n) is 2.48. The van der Waals surface area contributed by atoms with Gasteiger partial charge in [-0.15, -0.1) is 0 Å². The third-order valence-corrected chi connectivity index (χ3v) is 3.53. The van der Waals surface area contributed by atoms with E-state index in [1.807, 2.05) is 0 Å². The van der Waals surface area contributed by atoms with Gasteiger partial charge in [0.05, 0.1) is 7.11 Å². The van der Waals surface area contributed by atoms with Gasteiger partial charge in [0.25, 0.3) is 0 Å². The molecule has 0 heterocycles. The van der Waals surface area contributed by atoms with Gasteiger partial charge in [-0.3, -0.25) is 4.79 Å². The maximum Gasteiger partial charge on any atom is 0.387 e. The number of hydrogen-bond acceptors (Lipinski definition) is 4. The molecule has 0 atom stereocenters. The summed E-state index contributed by atoms with van der Waals surface area (Å²) in [6.07, 6.45) is -0.761. The maximum atomic E-state index is 12.7. The first-order chi connectivity index (χ1) is 11.2. The molecule has 0 unspecified atom stereocenters. The molecular formula is C15H15F4NO4. The van der Waals surface area contributed by atoms with Crippen molar-refractivity contribution in [2.45, 2.75) is 31.8 Å². The molecule has 0 bridgehead atoms. The van der Waals surface area contributed by atoms with E-state index in [1.54, 1.807) is 0 Å². The molecule has 24 heavy (non-hydrogen) atoms. The van der Waals surface area contributed by atoms with Crippen LogP contribution in [0.2, 0.25) is 0 Å². The second-order valence-electron chi connectivity index (χ2n) is 5.46. The molecule has 0 saturated heterocycles. The monoisotopic (exact) mass is 349 g/mol. The van der Waals surface area contributed by atoms with Crippen LogP contribution in [0, 0.1) is 5.92 Å². The predicted molar refractivity (Wildman–Crippen MR) is 75.3 cm³/mol. The summed E-state index contributed by atoms with van der Waals surface area (Å²) >= 11 is 0. The molecule has 1 saturated carbocycles. The summed E-state index contributed by atoms with van der Waals surface area (Å²) in [6.45, 7) is -3.13. The van der Waals surface area contributed by atoms with E-state index in [0.717, 1.165) is 19.2 Å². The highest BCUT2D eigenvalue weighted by Crippen LogP contribution is 2.44. The molecule has 1 fully saturated rings. The summed E-state index contributed by atoms with van der Waals surface area (Å²) in [5.74, 6) is -4.93. The number of benzene rings is 1. The number of rotatable bonds is 6. The van der Waals surface area contributed by atoms with Gasteiger partial charge < -0.3 is 14.8 Å². The van der Waals surface area contributed by atoms with Crippen molar-refractivity contribution in [3.8, 4) is 5.75 Å². The second kappa shape index (κ2) is 7.06. The standard InChI is InChI=1S/C15H15F4NO4/c1-23-13(22)10-5-9(2-3-11(10)24-14(16)17)20-12(21)4-8-6-15(18,19)7-8/h2-3,5,8,14H,4,6-7H2,1H3,(H,20,21). The van der Waals surface area contributed by atoms with Crippen molar-refractivity contribution in [3.05, 3.63) is 23.8 Å². The van der Waals surface area contributed by atoms with Gasteiger partial charge in [-0.25, -0.2) is 13.6 Å². The smallest absolute Gasteiger partial charge is 0.387 e. The first-order valence-corrected chi connectivity index (χ1v) is 7.05. The number of amides is 1. The van der Waals surface area contributed by atoms with E-state index in [1.165, 1.54) is 6.07 Å². The summed E-state index contributed by atoms with van der Waals surface area (Å²) in [6, 6.07) is 3.47. The summed E-state index contributed by atoms with van der Waals surface area (Å²) < 4.78 is 58.8. The largest absolute Gasteiger partial charge is 0.465 e. The molecule has 1 aliphatic rings. The summed E-state index contributed by atoms with van der Waals surface area (Å²) in [5, 5.41) is 2.43. The van der Waals surface area contributed by atoms with Gasteiger partial charge in [0.15, 0.2) is 0 Å². The normalized spacial score (nSPS) is 16.4. The van der Waals surface area contributed by atoms with E-state index in [0.29, 0.717) is 0 Å². The quantitative estimate of drug-likeness (QED) is 0.631. The average Bonchev–Trinajstić information content (AvgIpc) is 2.45. The number of methoxy groups -OCH3 is 1. The second-order valence-corrected chi connectivity index (χ2v) is 5.46. The first-order valence-electron chi connectivity index (χ1n) is 7.05. The Kier molecular flexibility index (Phi) is 5.30. The number of nitrogens with one attached hydrogen (secondary N) is 1. The SMILES string of the molecule is COC(=O)c1cc(NC(=O)CC2CC(F)(F)C2)ccc1OC(F)F. The number of carbonyl (C=O) groups is 2. The van der Waals surface area contributed by atoms with Gasteiger partial charge in [0.1, 0.15) is 11.3 Å². The van der Waals surface area contributed by atoms with Crippen molar-refractivity contribution in [1.82, 2.24) is 0 Å². The lowest BCUT2D eigenvalue weighted by Crippen LogP contribution is -2.37. The van der Waals surface area contributed by atoms with Gasteiger partial charge in [-0.2, -0.15) is 8.78 Å². The number of alkyl halides is 4. The van der Waals surface area contributed by atoms with Crippen LogP contribution in [0.4, 0.5) is 23.2 Å². The van der Waals surface area contributed by atoms with E-state index in [-0.39, 0.29) is 30.5 Å². The molecule has 0 radical (unpaired) electrons. The Balaban J connectivity index is 2.04. The zero-order valence-corrected chi connectivity index (χ0v) is 12.7. The van der Waals surface area contributed by atoms with E-state index in [9.17, 15) is 27.2 Å². The number of hydrogen-bond donors (Lipinski definition) is 1. The Morgan fingerprint density at radius 2 is 2.00 bits per heavy atom. The molecule has 0 aliphatic heterocycles. The Morgan fingerprint density at radius 3 is 2.54 bits per heavy atom.